The largest absolute Gasteiger partial charge is 0.379 e. The van der Waals surface area contributed by atoms with Gasteiger partial charge in [-0.2, -0.15) is 4.31 Å². The molecule has 1 amide bonds. The van der Waals surface area contributed by atoms with Crippen LogP contribution in [0.4, 0.5) is 0 Å². The van der Waals surface area contributed by atoms with E-state index < -0.39 is 10.0 Å². The average molecular weight is 378 g/mol. The summed E-state index contributed by atoms with van der Waals surface area (Å²) in [6.07, 6.45) is 0.920. The zero-order valence-corrected chi connectivity index (χ0v) is 15.1. The van der Waals surface area contributed by atoms with E-state index in [2.05, 4.69) is 5.32 Å². The van der Waals surface area contributed by atoms with Crippen LogP contribution in [0, 0.1) is 0 Å². The van der Waals surface area contributed by atoms with Crippen LogP contribution in [0.1, 0.15) is 12.0 Å². The number of benzene rings is 1. The first-order valence-electron chi connectivity index (χ1n) is 7.67. The second-order valence-corrected chi connectivity index (χ2v) is 7.24. The predicted octanol–water partition coefficient (Wildman–Crippen LogP) is 0.137. The number of carbonyl (C=O) groups excluding carboxylic acids is 1. The number of hydrogen-bond donors (Lipinski definition) is 2. The quantitative estimate of drug-likeness (QED) is 0.703. The van der Waals surface area contributed by atoms with Crippen molar-refractivity contribution in [1.82, 2.24) is 9.62 Å². The number of rotatable bonds is 7. The van der Waals surface area contributed by atoms with Crippen molar-refractivity contribution in [1.29, 1.82) is 0 Å². The number of sulfonamides is 1. The van der Waals surface area contributed by atoms with Crippen molar-refractivity contribution in [2.45, 2.75) is 17.7 Å². The van der Waals surface area contributed by atoms with Gasteiger partial charge < -0.3 is 15.8 Å². The summed E-state index contributed by atoms with van der Waals surface area (Å²) in [5.74, 6) is -0.0551. The van der Waals surface area contributed by atoms with Crippen LogP contribution < -0.4 is 11.1 Å². The summed E-state index contributed by atoms with van der Waals surface area (Å²) < 4.78 is 31.6. The van der Waals surface area contributed by atoms with Gasteiger partial charge in [-0.05, 0) is 24.1 Å². The number of nitrogens with one attached hydrogen (secondary N) is 1. The van der Waals surface area contributed by atoms with E-state index >= 15 is 0 Å². The van der Waals surface area contributed by atoms with Crippen molar-refractivity contribution in [3.8, 4) is 0 Å². The van der Waals surface area contributed by atoms with Gasteiger partial charge in [-0.25, -0.2) is 8.42 Å². The summed E-state index contributed by atoms with van der Waals surface area (Å²) in [6, 6.07) is 6.70. The monoisotopic (exact) mass is 377 g/mol. The number of halogens is 1. The minimum Gasteiger partial charge on any atom is -0.379 e. The fraction of sp³-hybridized carbons (Fsp3) is 0.533. The number of ether oxygens (including phenoxy) is 1. The van der Waals surface area contributed by atoms with Crippen LogP contribution in [0.15, 0.2) is 29.2 Å². The molecule has 0 saturated carbocycles. The molecule has 1 aromatic carbocycles. The number of hydrogen-bond acceptors (Lipinski definition) is 5. The van der Waals surface area contributed by atoms with Gasteiger partial charge in [0.2, 0.25) is 15.9 Å². The van der Waals surface area contributed by atoms with Crippen molar-refractivity contribution in [2.75, 3.05) is 39.4 Å². The molecule has 7 nitrogen and oxygen atoms in total. The molecule has 1 aromatic rings. The first-order chi connectivity index (χ1) is 11.0. The zero-order chi connectivity index (χ0) is 16.7. The van der Waals surface area contributed by atoms with Crippen molar-refractivity contribution in [3.63, 3.8) is 0 Å². The second kappa shape index (κ2) is 9.95. The van der Waals surface area contributed by atoms with E-state index in [9.17, 15) is 13.2 Å². The molecule has 1 saturated heterocycles. The van der Waals surface area contributed by atoms with Gasteiger partial charge in [-0.1, -0.05) is 12.1 Å². The van der Waals surface area contributed by atoms with Crippen LogP contribution in [0.3, 0.4) is 0 Å². The normalized spacial score (nSPS) is 15.5. The van der Waals surface area contributed by atoms with Gasteiger partial charge in [0.1, 0.15) is 0 Å². The van der Waals surface area contributed by atoms with Crippen LogP contribution >= 0.6 is 12.4 Å². The van der Waals surface area contributed by atoms with Gasteiger partial charge in [-0.15, -0.1) is 12.4 Å². The van der Waals surface area contributed by atoms with Crippen molar-refractivity contribution >= 4 is 28.3 Å². The Balaban J connectivity index is 0.00000288. The predicted molar refractivity (Wildman–Crippen MR) is 93.7 cm³/mol. The molecule has 24 heavy (non-hydrogen) atoms. The maximum atomic E-state index is 12.5. The summed E-state index contributed by atoms with van der Waals surface area (Å²) in [4.78, 5) is 11.8. The number of nitrogens with zero attached hydrogens (tertiary/aromatic N) is 1. The van der Waals surface area contributed by atoms with E-state index in [0.29, 0.717) is 52.2 Å². The van der Waals surface area contributed by atoms with E-state index in [1.54, 1.807) is 24.3 Å². The smallest absolute Gasteiger partial charge is 0.243 e. The third-order valence-corrected chi connectivity index (χ3v) is 5.55. The highest BCUT2D eigenvalue weighted by Crippen LogP contribution is 2.18. The molecule has 0 spiro atoms. The van der Waals surface area contributed by atoms with Gasteiger partial charge in [0, 0.05) is 32.6 Å². The van der Waals surface area contributed by atoms with Crippen molar-refractivity contribution in [2.24, 2.45) is 5.73 Å². The molecule has 3 N–H and O–H groups in total. The van der Waals surface area contributed by atoms with Gasteiger partial charge in [0.05, 0.1) is 18.1 Å². The fourth-order valence-electron chi connectivity index (χ4n) is 2.32. The molecule has 0 aromatic heterocycles. The van der Waals surface area contributed by atoms with E-state index in [1.165, 1.54) is 4.31 Å². The first kappa shape index (κ1) is 20.9. The number of morpholine rings is 1. The Hall–Kier alpha value is -1.19. The number of amides is 1. The Kier molecular flexibility index (Phi) is 8.65. The maximum absolute atomic E-state index is 12.5. The van der Waals surface area contributed by atoms with Gasteiger partial charge >= 0.3 is 0 Å². The Morgan fingerprint density at radius 3 is 2.42 bits per heavy atom. The Labute approximate surface area is 149 Å². The highest BCUT2D eigenvalue weighted by atomic mass is 35.5. The Morgan fingerprint density at radius 1 is 1.21 bits per heavy atom. The molecule has 0 bridgehead atoms. The highest BCUT2D eigenvalue weighted by Gasteiger charge is 2.25. The molecule has 0 radical (unpaired) electrons. The Bertz CT molecular complexity index is 616. The molecular weight excluding hydrogens is 354 g/mol. The molecule has 2 rings (SSSR count). The molecule has 9 heteroatoms. The molecule has 1 aliphatic heterocycles. The summed E-state index contributed by atoms with van der Waals surface area (Å²) in [5, 5.41) is 2.70. The maximum Gasteiger partial charge on any atom is 0.243 e. The average Bonchev–Trinajstić information content (AvgIpc) is 2.59. The highest BCUT2D eigenvalue weighted by molar-refractivity contribution is 7.89. The number of carbonyl (C=O) groups is 1. The standard InChI is InChI=1S/C15H23N3O4S.ClH/c16-7-8-17-15(19)6-3-13-1-4-14(5-2-13)23(20,21)18-9-11-22-12-10-18;/h1-2,4-5H,3,6-12,16H2,(H,17,19);1H. The molecule has 0 unspecified atom stereocenters. The van der Waals surface area contributed by atoms with Crippen LogP contribution in [-0.4, -0.2) is 58.0 Å². The van der Waals surface area contributed by atoms with Crippen LogP contribution in [0.25, 0.3) is 0 Å². The van der Waals surface area contributed by atoms with Gasteiger partial charge in [0.15, 0.2) is 0 Å². The topological polar surface area (TPSA) is 102 Å². The van der Waals surface area contributed by atoms with Crippen LogP contribution in [0.5, 0.6) is 0 Å². The van der Waals surface area contributed by atoms with Crippen LogP contribution in [-0.2, 0) is 26.0 Å². The van der Waals surface area contributed by atoms with Crippen molar-refractivity contribution in [3.05, 3.63) is 29.8 Å². The van der Waals surface area contributed by atoms with Crippen molar-refractivity contribution < 1.29 is 17.9 Å². The fourth-order valence-corrected chi connectivity index (χ4v) is 3.73. The van der Waals surface area contributed by atoms with E-state index in [-0.39, 0.29) is 23.2 Å². The van der Waals surface area contributed by atoms with E-state index in [4.69, 9.17) is 10.5 Å². The zero-order valence-electron chi connectivity index (χ0n) is 13.4. The lowest BCUT2D eigenvalue weighted by atomic mass is 10.1. The third-order valence-electron chi connectivity index (χ3n) is 3.64. The number of nitrogens with two attached hydrogens (primary N) is 1. The lowest BCUT2D eigenvalue weighted by Crippen LogP contribution is -2.40. The summed E-state index contributed by atoms with van der Waals surface area (Å²) in [6.45, 7) is 2.50. The lowest BCUT2D eigenvalue weighted by molar-refractivity contribution is -0.121. The van der Waals surface area contributed by atoms with Crippen LogP contribution in [0.2, 0.25) is 0 Å². The van der Waals surface area contributed by atoms with E-state index in [0.717, 1.165) is 5.56 Å². The SMILES string of the molecule is Cl.NCCNC(=O)CCc1ccc(S(=O)(=O)N2CCOCC2)cc1. The summed E-state index contributed by atoms with van der Waals surface area (Å²) in [7, 11) is -3.46. The minimum absolute atomic E-state index is 0. The van der Waals surface area contributed by atoms with E-state index in [1.807, 2.05) is 0 Å². The molecule has 1 fully saturated rings. The molecule has 1 aliphatic rings. The molecule has 136 valence electrons. The second-order valence-electron chi connectivity index (χ2n) is 5.30. The Morgan fingerprint density at radius 2 is 1.83 bits per heavy atom. The molecular formula is C15H24ClN3O4S. The third kappa shape index (κ3) is 5.71. The lowest BCUT2D eigenvalue weighted by Gasteiger charge is -2.26. The summed E-state index contributed by atoms with van der Waals surface area (Å²) in [5.41, 5.74) is 6.24. The van der Waals surface area contributed by atoms with Gasteiger partial charge in [0.25, 0.3) is 0 Å². The van der Waals surface area contributed by atoms with Gasteiger partial charge in [-0.3, -0.25) is 4.79 Å². The minimum atomic E-state index is -3.46. The molecule has 0 atom stereocenters. The molecule has 1 heterocycles. The number of aryl methyl sites for hydroxylation is 1. The first-order valence-corrected chi connectivity index (χ1v) is 9.11. The molecule has 0 aliphatic carbocycles. The summed E-state index contributed by atoms with van der Waals surface area (Å²) >= 11 is 0.